The summed E-state index contributed by atoms with van der Waals surface area (Å²) in [5.41, 5.74) is 2.21. The molecule has 114 valence electrons. The Kier molecular flexibility index (Phi) is 3.58. The molecule has 1 atom stereocenters. The lowest BCUT2D eigenvalue weighted by atomic mass is 10.1. The molecule has 1 aliphatic heterocycles. The monoisotopic (exact) mass is 301 g/mol. The van der Waals surface area contributed by atoms with Crippen LogP contribution in [0.2, 0.25) is 0 Å². The minimum absolute atomic E-state index is 0.391. The average molecular weight is 301 g/mol. The van der Waals surface area contributed by atoms with Crippen molar-refractivity contribution in [2.45, 2.75) is 13.2 Å². The first-order chi connectivity index (χ1) is 10.6. The van der Waals surface area contributed by atoms with Crippen LogP contribution in [0.25, 0.3) is 0 Å². The minimum Gasteiger partial charge on any atom is -0.493 e. The fraction of sp³-hybridized carbons (Fsp3) is 0.250. The zero-order chi connectivity index (χ0) is 15.7. The van der Waals surface area contributed by atoms with Gasteiger partial charge in [0, 0.05) is 6.07 Å². The summed E-state index contributed by atoms with van der Waals surface area (Å²) in [6.07, 6.45) is 1.25. The number of hydrogen-bond donors (Lipinski definition) is 1. The van der Waals surface area contributed by atoms with Crippen molar-refractivity contribution in [3.8, 4) is 11.5 Å². The van der Waals surface area contributed by atoms with Crippen LogP contribution in [0.15, 0.2) is 30.5 Å². The van der Waals surface area contributed by atoms with Gasteiger partial charge in [0.2, 0.25) is 0 Å². The smallest absolute Gasteiger partial charge is 0.346 e. The van der Waals surface area contributed by atoms with E-state index in [1.54, 1.807) is 12.1 Å². The van der Waals surface area contributed by atoms with Crippen LogP contribution in [-0.2, 0) is 4.74 Å². The summed E-state index contributed by atoms with van der Waals surface area (Å²) < 4.78 is 15.9. The molecule has 2 aromatic rings. The number of carbonyl (C=O) groups excluding carboxylic acids is 1. The van der Waals surface area contributed by atoms with Crippen molar-refractivity contribution in [2.24, 2.45) is 0 Å². The zero-order valence-electron chi connectivity index (χ0n) is 12.6. The molecule has 1 aromatic heterocycles. The molecule has 1 aliphatic rings. The summed E-state index contributed by atoms with van der Waals surface area (Å²) in [7, 11) is 3.03. The highest BCUT2D eigenvalue weighted by molar-refractivity contribution is 5.98. The first-order valence-electron chi connectivity index (χ1n) is 6.84. The number of methoxy groups -OCH3 is 2. The van der Waals surface area contributed by atoms with Gasteiger partial charge in [-0.2, -0.15) is 0 Å². The molecule has 2 heterocycles. The summed E-state index contributed by atoms with van der Waals surface area (Å²) in [4.78, 5) is 15.2. The van der Waals surface area contributed by atoms with Crippen LogP contribution in [-0.4, -0.2) is 20.2 Å². The van der Waals surface area contributed by atoms with Crippen LogP contribution in [0, 0.1) is 6.92 Å². The second-order valence-electron chi connectivity index (χ2n) is 4.97. The largest absolute Gasteiger partial charge is 0.493 e. The van der Waals surface area contributed by atoms with Crippen LogP contribution in [0.1, 0.15) is 27.7 Å². The standard InChI is InChI=1S/C16H16N2O4/c1-9-6-7-17-12(8-9)18-15-10-4-5-11(20-2)14(21-3)13(10)16(19)22-15/h4-8,15H,1-3H3,(H,17,18)/p+1/t15-/m1/s1. The van der Waals surface area contributed by atoms with E-state index in [4.69, 9.17) is 14.2 Å². The van der Waals surface area contributed by atoms with Gasteiger partial charge in [-0.3, -0.25) is 0 Å². The number of aromatic amines is 1. The van der Waals surface area contributed by atoms with Crippen LogP contribution >= 0.6 is 0 Å². The van der Waals surface area contributed by atoms with Crippen molar-refractivity contribution in [1.82, 2.24) is 0 Å². The predicted octanol–water partition coefficient (Wildman–Crippen LogP) is 2.11. The van der Waals surface area contributed by atoms with Gasteiger partial charge in [-0.15, -0.1) is 0 Å². The highest BCUT2D eigenvalue weighted by atomic mass is 16.6. The quantitative estimate of drug-likeness (QED) is 0.876. The highest BCUT2D eigenvalue weighted by Crippen LogP contribution is 2.41. The number of aromatic nitrogens is 1. The number of hydrogen-bond acceptors (Lipinski definition) is 5. The summed E-state index contributed by atoms with van der Waals surface area (Å²) in [6, 6.07) is 7.45. The maximum Gasteiger partial charge on any atom is 0.346 e. The number of cyclic esters (lactones) is 1. The molecule has 6 nitrogen and oxygen atoms in total. The van der Waals surface area contributed by atoms with Crippen molar-refractivity contribution < 1.29 is 24.0 Å². The molecule has 6 heteroatoms. The first-order valence-corrected chi connectivity index (χ1v) is 6.84. The van der Waals surface area contributed by atoms with Crippen LogP contribution < -0.4 is 19.8 Å². The Hall–Kier alpha value is -2.76. The normalized spacial score (nSPS) is 16.0. The number of H-pyrrole nitrogens is 1. The van der Waals surface area contributed by atoms with Crippen LogP contribution in [0.3, 0.4) is 0 Å². The van der Waals surface area contributed by atoms with Gasteiger partial charge in [0.15, 0.2) is 11.5 Å². The van der Waals surface area contributed by atoms with E-state index in [2.05, 4.69) is 10.3 Å². The number of anilines is 1. The molecule has 0 saturated heterocycles. The molecule has 0 fully saturated rings. The third kappa shape index (κ3) is 2.32. The molecule has 0 unspecified atom stereocenters. The third-order valence-corrected chi connectivity index (χ3v) is 3.53. The maximum absolute atomic E-state index is 12.2. The van der Waals surface area contributed by atoms with Crippen molar-refractivity contribution in [3.63, 3.8) is 0 Å². The average Bonchev–Trinajstić information content (AvgIpc) is 2.82. The summed E-state index contributed by atoms with van der Waals surface area (Å²) in [5.74, 6) is 1.22. The van der Waals surface area contributed by atoms with Gasteiger partial charge in [-0.25, -0.2) is 15.1 Å². The Morgan fingerprint density at radius 3 is 2.73 bits per heavy atom. The van der Waals surface area contributed by atoms with E-state index < -0.39 is 12.2 Å². The number of benzene rings is 1. The van der Waals surface area contributed by atoms with E-state index in [0.717, 1.165) is 16.9 Å². The molecule has 1 aromatic carbocycles. The molecule has 3 rings (SSSR count). The molecule has 0 radical (unpaired) electrons. The van der Waals surface area contributed by atoms with E-state index in [-0.39, 0.29) is 0 Å². The highest BCUT2D eigenvalue weighted by Gasteiger charge is 2.38. The molecule has 0 spiro atoms. The number of carbonyl (C=O) groups is 1. The van der Waals surface area contributed by atoms with E-state index in [9.17, 15) is 4.79 Å². The van der Waals surface area contributed by atoms with Gasteiger partial charge in [-0.1, -0.05) is 0 Å². The maximum atomic E-state index is 12.2. The van der Waals surface area contributed by atoms with Gasteiger partial charge in [0.25, 0.3) is 12.0 Å². The summed E-state index contributed by atoms with van der Waals surface area (Å²) >= 11 is 0. The lowest BCUT2D eigenvalue weighted by molar-refractivity contribution is -0.362. The SMILES string of the molecule is COc1ccc2c(c1OC)C(=O)O[C@H]2Nc1cc(C)cc[nH+]1. The Bertz CT molecular complexity index is 730. The molecule has 0 saturated carbocycles. The number of pyridine rings is 1. The fourth-order valence-electron chi connectivity index (χ4n) is 2.51. The fourth-order valence-corrected chi connectivity index (χ4v) is 2.51. The molecular formula is C16H17N2O4+. The van der Waals surface area contributed by atoms with E-state index in [1.807, 2.05) is 25.3 Å². The summed E-state index contributed by atoms with van der Waals surface area (Å²) in [5, 5.41) is 3.16. The van der Waals surface area contributed by atoms with Crippen LogP contribution in [0.5, 0.6) is 11.5 Å². The second kappa shape index (κ2) is 5.55. The summed E-state index contributed by atoms with van der Waals surface area (Å²) in [6.45, 7) is 1.99. The van der Waals surface area contributed by atoms with E-state index >= 15 is 0 Å². The number of esters is 1. The molecule has 0 aliphatic carbocycles. The number of rotatable bonds is 4. The van der Waals surface area contributed by atoms with Crippen molar-refractivity contribution in [3.05, 3.63) is 47.2 Å². The van der Waals surface area contributed by atoms with Crippen molar-refractivity contribution >= 4 is 11.8 Å². The van der Waals surface area contributed by atoms with Crippen molar-refractivity contribution in [1.29, 1.82) is 0 Å². The van der Waals surface area contributed by atoms with E-state index in [1.165, 1.54) is 14.2 Å². The first kappa shape index (κ1) is 14.2. The third-order valence-electron chi connectivity index (χ3n) is 3.53. The predicted molar refractivity (Wildman–Crippen MR) is 79.1 cm³/mol. The Balaban J connectivity index is 1.98. The van der Waals surface area contributed by atoms with Crippen molar-refractivity contribution in [2.75, 3.05) is 19.5 Å². The van der Waals surface area contributed by atoms with E-state index in [0.29, 0.717) is 17.1 Å². The van der Waals surface area contributed by atoms with Gasteiger partial charge in [-0.05, 0) is 30.7 Å². The number of fused-ring (bicyclic) bond motifs is 1. The minimum atomic E-state index is -0.569. The zero-order valence-corrected chi connectivity index (χ0v) is 12.6. The molecule has 0 amide bonds. The molecule has 0 bridgehead atoms. The molecule has 22 heavy (non-hydrogen) atoms. The lowest BCUT2D eigenvalue weighted by Crippen LogP contribution is -2.17. The number of nitrogens with one attached hydrogen (secondary N) is 2. The molecule has 2 N–H and O–H groups in total. The van der Waals surface area contributed by atoms with Gasteiger partial charge >= 0.3 is 5.97 Å². The number of aryl methyl sites for hydroxylation is 1. The van der Waals surface area contributed by atoms with Gasteiger partial charge in [0.1, 0.15) is 5.56 Å². The van der Waals surface area contributed by atoms with Gasteiger partial charge < -0.3 is 14.2 Å². The topological polar surface area (TPSA) is 70.9 Å². The Morgan fingerprint density at radius 1 is 1.23 bits per heavy atom. The Morgan fingerprint density at radius 2 is 2.05 bits per heavy atom. The lowest BCUT2D eigenvalue weighted by Gasteiger charge is -2.10. The Labute approximate surface area is 128 Å². The van der Waals surface area contributed by atoms with Crippen LogP contribution in [0.4, 0.5) is 5.82 Å². The number of ether oxygens (including phenoxy) is 3. The second-order valence-corrected chi connectivity index (χ2v) is 4.97. The van der Waals surface area contributed by atoms with Gasteiger partial charge in [0.05, 0.1) is 26.0 Å². The molecular weight excluding hydrogens is 284 g/mol.